The van der Waals surface area contributed by atoms with E-state index in [0.717, 1.165) is 55.3 Å². The highest BCUT2D eigenvalue weighted by Crippen LogP contribution is 2.51. The average molecular weight is 418 g/mol. The number of aryl methyl sites for hydroxylation is 2. The molecule has 6 heteroatoms. The Morgan fingerprint density at radius 1 is 0.966 bits per heavy atom. The molecule has 0 bridgehead atoms. The fourth-order valence-corrected chi connectivity index (χ4v) is 4.90. The van der Waals surface area contributed by atoms with Crippen LogP contribution in [0.5, 0.6) is 11.5 Å². The lowest BCUT2D eigenvalue weighted by molar-refractivity contribution is 0.447. The number of ether oxygens (including phenoxy) is 1. The predicted octanol–water partition coefficient (Wildman–Crippen LogP) is 6.24. The van der Waals surface area contributed by atoms with Crippen molar-refractivity contribution in [2.24, 2.45) is 0 Å². The van der Waals surface area contributed by atoms with Crippen LogP contribution in [-0.4, -0.2) is 18.3 Å². The van der Waals surface area contributed by atoms with Crippen LogP contribution in [0.3, 0.4) is 0 Å². The standard InChI is InChI=1S/C23H31NO4S/c1-4-7-11-17-13-10-16-20-22(17)24(21(6-3)29(25,26)27)19-15-9-14-18(12-8-5-2)23(19)28-20/h9-10,13-16,21H,4-8,11-12H2,1-3H3,(H,25,26,27). The highest BCUT2D eigenvalue weighted by atomic mass is 32.2. The highest BCUT2D eigenvalue weighted by Gasteiger charge is 2.37. The molecule has 29 heavy (non-hydrogen) atoms. The quantitative estimate of drug-likeness (QED) is 0.489. The van der Waals surface area contributed by atoms with Gasteiger partial charge in [-0.25, -0.2) is 0 Å². The maximum atomic E-state index is 12.3. The maximum Gasteiger partial charge on any atom is 0.286 e. The summed E-state index contributed by atoms with van der Waals surface area (Å²) in [5, 5.41) is -1.06. The molecule has 0 amide bonds. The predicted molar refractivity (Wildman–Crippen MR) is 118 cm³/mol. The third kappa shape index (κ3) is 4.43. The molecule has 5 nitrogen and oxygen atoms in total. The second-order valence-corrected chi connectivity index (χ2v) is 9.16. The number of hydrogen-bond donors (Lipinski definition) is 1. The molecule has 3 rings (SSSR count). The van der Waals surface area contributed by atoms with Gasteiger partial charge in [0, 0.05) is 0 Å². The van der Waals surface area contributed by atoms with Gasteiger partial charge >= 0.3 is 0 Å². The molecule has 2 aromatic rings. The first-order valence-electron chi connectivity index (χ1n) is 10.6. The fraction of sp³-hybridized carbons (Fsp3) is 0.478. The molecule has 1 heterocycles. The van der Waals surface area contributed by atoms with Crippen LogP contribution in [0.25, 0.3) is 0 Å². The van der Waals surface area contributed by atoms with E-state index in [-0.39, 0.29) is 6.42 Å². The molecule has 1 N–H and O–H groups in total. The van der Waals surface area contributed by atoms with Gasteiger partial charge in [0.2, 0.25) is 0 Å². The number of para-hydroxylation sites is 2. The fourth-order valence-electron chi connectivity index (χ4n) is 3.99. The Balaban J connectivity index is 2.22. The van der Waals surface area contributed by atoms with Gasteiger partial charge in [0.25, 0.3) is 10.1 Å². The average Bonchev–Trinajstić information content (AvgIpc) is 2.69. The summed E-state index contributed by atoms with van der Waals surface area (Å²) >= 11 is 0. The normalized spacial score (nSPS) is 14.1. The van der Waals surface area contributed by atoms with Crippen molar-refractivity contribution in [1.29, 1.82) is 0 Å². The monoisotopic (exact) mass is 417 g/mol. The van der Waals surface area contributed by atoms with Gasteiger partial charge in [0.1, 0.15) is 0 Å². The zero-order valence-corrected chi connectivity index (χ0v) is 18.3. The molecule has 0 fully saturated rings. The first-order chi connectivity index (χ1) is 13.9. The van der Waals surface area contributed by atoms with Crippen LogP contribution in [0.2, 0.25) is 0 Å². The Kier molecular flexibility index (Phi) is 6.85. The third-order valence-corrected chi connectivity index (χ3v) is 6.68. The summed E-state index contributed by atoms with van der Waals surface area (Å²) in [7, 11) is -4.30. The summed E-state index contributed by atoms with van der Waals surface area (Å²) in [5.74, 6) is 1.35. The lowest BCUT2D eigenvalue weighted by Crippen LogP contribution is -2.39. The van der Waals surface area contributed by atoms with Crippen LogP contribution >= 0.6 is 0 Å². The van der Waals surface area contributed by atoms with Gasteiger partial charge in [-0.15, -0.1) is 0 Å². The molecule has 0 radical (unpaired) electrons. The number of rotatable bonds is 9. The van der Waals surface area contributed by atoms with E-state index in [1.807, 2.05) is 36.4 Å². The van der Waals surface area contributed by atoms with Gasteiger partial charge in [-0.3, -0.25) is 4.55 Å². The first kappa shape index (κ1) is 21.7. The van der Waals surface area contributed by atoms with Gasteiger partial charge in [0.15, 0.2) is 16.9 Å². The van der Waals surface area contributed by atoms with Crippen LogP contribution in [-0.2, 0) is 23.0 Å². The number of anilines is 2. The van der Waals surface area contributed by atoms with Crippen molar-refractivity contribution in [2.75, 3.05) is 4.90 Å². The van der Waals surface area contributed by atoms with Crippen molar-refractivity contribution in [2.45, 2.75) is 71.1 Å². The molecule has 1 aliphatic heterocycles. The molecule has 0 saturated heterocycles. The smallest absolute Gasteiger partial charge is 0.286 e. The lowest BCUT2D eigenvalue weighted by Gasteiger charge is -2.38. The maximum absolute atomic E-state index is 12.3. The molecule has 1 unspecified atom stereocenters. The van der Waals surface area contributed by atoms with Crippen molar-refractivity contribution in [3.8, 4) is 11.5 Å². The number of nitrogens with zero attached hydrogens (tertiary/aromatic N) is 1. The van der Waals surface area contributed by atoms with Gasteiger partial charge in [-0.05, 0) is 55.4 Å². The summed E-state index contributed by atoms with van der Waals surface area (Å²) in [5.41, 5.74) is 3.56. The number of hydrogen-bond acceptors (Lipinski definition) is 4. The van der Waals surface area contributed by atoms with Gasteiger partial charge in [-0.2, -0.15) is 8.42 Å². The Hall–Kier alpha value is -2.05. The SMILES string of the molecule is CCCCc1cccc2c1Oc1cccc(CCCC)c1N2C(CC)S(=O)(=O)O. The third-order valence-electron chi connectivity index (χ3n) is 5.45. The van der Waals surface area contributed by atoms with E-state index in [0.29, 0.717) is 17.2 Å². The minimum atomic E-state index is -4.30. The highest BCUT2D eigenvalue weighted by molar-refractivity contribution is 7.86. The van der Waals surface area contributed by atoms with E-state index in [9.17, 15) is 13.0 Å². The molecule has 0 aromatic heterocycles. The van der Waals surface area contributed by atoms with Crippen molar-refractivity contribution < 1.29 is 17.7 Å². The van der Waals surface area contributed by atoms with E-state index in [2.05, 4.69) is 13.8 Å². The zero-order valence-electron chi connectivity index (χ0n) is 17.5. The number of benzene rings is 2. The summed E-state index contributed by atoms with van der Waals surface area (Å²) in [4.78, 5) is 1.78. The van der Waals surface area contributed by atoms with Crippen LogP contribution in [0.4, 0.5) is 11.4 Å². The minimum absolute atomic E-state index is 0.263. The molecule has 0 spiro atoms. The summed E-state index contributed by atoms with van der Waals surface area (Å²) in [6, 6.07) is 11.7. The second kappa shape index (κ2) is 9.18. The van der Waals surface area contributed by atoms with Crippen molar-refractivity contribution in [3.63, 3.8) is 0 Å². The molecule has 1 aliphatic rings. The summed E-state index contributed by atoms with van der Waals surface area (Å²) < 4.78 is 41.1. The van der Waals surface area contributed by atoms with Crippen molar-refractivity contribution in [3.05, 3.63) is 47.5 Å². The van der Waals surface area contributed by atoms with Crippen LogP contribution in [0.1, 0.15) is 64.0 Å². The van der Waals surface area contributed by atoms with Gasteiger partial charge in [-0.1, -0.05) is 57.9 Å². The molecule has 0 saturated carbocycles. The minimum Gasteiger partial charge on any atom is -0.453 e. The lowest BCUT2D eigenvalue weighted by atomic mass is 10.00. The Labute approximate surface area is 174 Å². The van der Waals surface area contributed by atoms with E-state index < -0.39 is 15.5 Å². The molecular formula is C23H31NO4S. The van der Waals surface area contributed by atoms with E-state index in [1.54, 1.807) is 11.8 Å². The first-order valence-corrected chi connectivity index (χ1v) is 12.1. The van der Waals surface area contributed by atoms with E-state index in [4.69, 9.17) is 4.74 Å². The molecular weight excluding hydrogens is 386 g/mol. The summed E-state index contributed by atoms with van der Waals surface area (Å²) in [6.45, 7) is 6.05. The largest absolute Gasteiger partial charge is 0.453 e. The summed E-state index contributed by atoms with van der Waals surface area (Å²) in [6.07, 6.45) is 6.08. The Morgan fingerprint density at radius 2 is 1.59 bits per heavy atom. The Morgan fingerprint density at radius 3 is 2.21 bits per heavy atom. The van der Waals surface area contributed by atoms with Crippen LogP contribution in [0, 0.1) is 0 Å². The van der Waals surface area contributed by atoms with Crippen LogP contribution in [0.15, 0.2) is 36.4 Å². The zero-order chi connectivity index (χ0) is 21.0. The Bertz CT molecular complexity index is 955. The molecule has 158 valence electrons. The number of unbranched alkanes of at least 4 members (excludes halogenated alkanes) is 2. The van der Waals surface area contributed by atoms with E-state index >= 15 is 0 Å². The topological polar surface area (TPSA) is 66.8 Å². The van der Waals surface area contributed by atoms with Gasteiger partial charge < -0.3 is 9.64 Å². The van der Waals surface area contributed by atoms with Crippen molar-refractivity contribution in [1.82, 2.24) is 0 Å². The second-order valence-electron chi connectivity index (χ2n) is 7.59. The number of fused-ring (bicyclic) bond motifs is 2. The van der Waals surface area contributed by atoms with Gasteiger partial charge in [0.05, 0.1) is 11.4 Å². The van der Waals surface area contributed by atoms with Crippen molar-refractivity contribution >= 4 is 21.5 Å². The molecule has 0 aliphatic carbocycles. The van der Waals surface area contributed by atoms with Crippen LogP contribution < -0.4 is 9.64 Å². The molecule has 2 aromatic carbocycles. The van der Waals surface area contributed by atoms with E-state index in [1.165, 1.54) is 0 Å². The molecule has 1 atom stereocenters.